The number of pyridine rings is 1. The number of nitrogens with one attached hydrogen (secondary N) is 1. The largest absolute Gasteiger partial charge is 0.389 e. The second-order valence-electron chi connectivity index (χ2n) is 4.53. The van der Waals surface area contributed by atoms with Gasteiger partial charge >= 0.3 is 0 Å². The molecule has 3 nitrogen and oxygen atoms in total. The van der Waals surface area contributed by atoms with Crippen LogP contribution >= 0.6 is 12.2 Å². The Kier molecular flexibility index (Phi) is 4.47. The van der Waals surface area contributed by atoms with E-state index in [1.54, 1.807) is 6.20 Å². The van der Waals surface area contributed by atoms with E-state index in [0.717, 1.165) is 17.8 Å². The predicted molar refractivity (Wildman–Crippen MR) is 83.4 cm³/mol. The molecule has 0 bridgehead atoms. The Morgan fingerprint density at radius 3 is 2.58 bits per heavy atom. The molecule has 1 aromatic carbocycles. The Morgan fingerprint density at radius 2 is 2.00 bits per heavy atom. The second-order valence-corrected chi connectivity index (χ2v) is 4.97. The van der Waals surface area contributed by atoms with Crippen LogP contribution in [0.1, 0.15) is 18.1 Å². The van der Waals surface area contributed by atoms with Gasteiger partial charge in [-0.3, -0.25) is 0 Å². The lowest BCUT2D eigenvalue weighted by molar-refractivity contribution is 0.785. The highest BCUT2D eigenvalue weighted by molar-refractivity contribution is 7.80. The van der Waals surface area contributed by atoms with Crippen molar-refractivity contribution in [2.75, 3.05) is 5.32 Å². The molecule has 0 saturated carbocycles. The van der Waals surface area contributed by atoms with Crippen molar-refractivity contribution in [1.82, 2.24) is 4.98 Å². The van der Waals surface area contributed by atoms with Crippen LogP contribution in [0.15, 0.2) is 48.7 Å². The molecule has 0 radical (unpaired) electrons. The summed E-state index contributed by atoms with van der Waals surface area (Å²) in [4.78, 5) is 4.67. The van der Waals surface area contributed by atoms with Gasteiger partial charge in [-0.15, -0.1) is 0 Å². The SMILES string of the molecule is CC(Cc1ccccc1)Nc1ccc(C(N)=S)cn1. The standard InChI is InChI=1S/C15H17N3S/c1-11(9-12-5-3-2-4-6-12)18-14-8-7-13(10-17-14)15(16)19/h2-8,10-11H,9H2,1H3,(H2,16,19)(H,17,18). The van der Waals surface area contributed by atoms with E-state index in [1.165, 1.54) is 5.56 Å². The molecule has 0 aliphatic carbocycles. The van der Waals surface area contributed by atoms with Crippen LogP contribution in [0, 0.1) is 0 Å². The number of thiocarbonyl (C=S) groups is 1. The zero-order valence-electron chi connectivity index (χ0n) is 10.8. The number of nitrogens with zero attached hydrogens (tertiary/aromatic N) is 1. The maximum absolute atomic E-state index is 5.54. The van der Waals surface area contributed by atoms with Crippen molar-refractivity contribution < 1.29 is 0 Å². The molecule has 4 heteroatoms. The smallest absolute Gasteiger partial charge is 0.126 e. The summed E-state index contributed by atoms with van der Waals surface area (Å²) in [6.07, 6.45) is 2.65. The molecule has 0 saturated heterocycles. The minimum atomic E-state index is 0.311. The molecule has 0 aliphatic rings. The Labute approximate surface area is 118 Å². The van der Waals surface area contributed by atoms with Crippen molar-refractivity contribution in [1.29, 1.82) is 0 Å². The fourth-order valence-corrected chi connectivity index (χ4v) is 2.02. The summed E-state index contributed by atoms with van der Waals surface area (Å²) >= 11 is 4.90. The normalized spacial score (nSPS) is 11.8. The third kappa shape index (κ3) is 4.03. The zero-order chi connectivity index (χ0) is 13.7. The van der Waals surface area contributed by atoms with Gasteiger partial charge in [0.15, 0.2) is 0 Å². The van der Waals surface area contributed by atoms with Gasteiger partial charge in [0.25, 0.3) is 0 Å². The molecule has 0 amide bonds. The first-order chi connectivity index (χ1) is 9.15. The van der Waals surface area contributed by atoms with E-state index in [2.05, 4.69) is 41.5 Å². The van der Waals surface area contributed by atoms with Crippen molar-refractivity contribution in [2.45, 2.75) is 19.4 Å². The van der Waals surface area contributed by atoms with Gasteiger partial charge in [-0.25, -0.2) is 4.98 Å². The number of hydrogen-bond donors (Lipinski definition) is 2. The van der Waals surface area contributed by atoms with Crippen LogP contribution in [-0.2, 0) is 6.42 Å². The maximum Gasteiger partial charge on any atom is 0.126 e. The van der Waals surface area contributed by atoms with Crippen LogP contribution < -0.4 is 11.1 Å². The molecule has 1 unspecified atom stereocenters. The quantitative estimate of drug-likeness (QED) is 0.821. The molecule has 19 heavy (non-hydrogen) atoms. The summed E-state index contributed by atoms with van der Waals surface area (Å²) in [7, 11) is 0. The number of hydrogen-bond acceptors (Lipinski definition) is 3. The third-order valence-corrected chi connectivity index (χ3v) is 3.06. The lowest BCUT2D eigenvalue weighted by atomic mass is 10.1. The molecule has 98 valence electrons. The summed E-state index contributed by atoms with van der Waals surface area (Å²) in [6, 6.07) is 14.5. The summed E-state index contributed by atoms with van der Waals surface area (Å²) in [5, 5.41) is 3.36. The zero-order valence-corrected chi connectivity index (χ0v) is 11.7. The second kappa shape index (κ2) is 6.29. The summed E-state index contributed by atoms with van der Waals surface area (Å²) in [6.45, 7) is 2.14. The molecule has 0 spiro atoms. The van der Waals surface area contributed by atoms with Gasteiger partial charge in [0, 0.05) is 17.8 Å². The van der Waals surface area contributed by atoms with Crippen LogP contribution in [0.4, 0.5) is 5.82 Å². The van der Waals surface area contributed by atoms with Gasteiger partial charge in [-0.05, 0) is 31.0 Å². The summed E-state index contributed by atoms with van der Waals surface area (Å²) in [5.41, 5.74) is 7.63. The topological polar surface area (TPSA) is 50.9 Å². The van der Waals surface area contributed by atoms with E-state index in [1.807, 2.05) is 18.2 Å². The van der Waals surface area contributed by atoms with Crippen molar-refractivity contribution in [2.24, 2.45) is 5.73 Å². The number of rotatable bonds is 5. The lowest BCUT2D eigenvalue weighted by Gasteiger charge is -2.14. The van der Waals surface area contributed by atoms with Gasteiger partial charge in [0.05, 0.1) is 0 Å². The van der Waals surface area contributed by atoms with Crippen LogP contribution in [-0.4, -0.2) is 16.0 Å². The molecule has 0 aliphatic heterocycles. The van der Waals surface area contributed by atoms with E-state index in [0.29, 0.717) is 11.0 Å². The van der Waals surface area contributed by atoms with Gasteiger partial charge in [0.2, 0.25) is 0 Å². The van der Waals surface area contributed by atoms with Crippen LogP contribution in [0.2, 0.25) is 0 Å². The molecule has 1 heterocycles. The first-order valence-electron chi connectivity index (χ1n) is 6.21. The monoisotopic (exact) mass is 271 g/mol. The molecule has 1 atom stereocenters. The van der Waals surface area contributed by atoms with E-state index < -0.39 is 0 Å². The van der Waals surface area contributed by atoms with Gasteiger partial charge in [-0.2, -0.15) is 0 Å². The van der Waals surface area contributed by atoms with E-state index in [4.69, 9.17) is 18.0 Å². The molecule has 1 aromatic heterocycles. The number of nitrogens with two attached hydrogens (primary N) is 1. The van der Waals surface area contributed by atoms with Crippen LogP contribution in [0.5, 0.6) is 0 Å². The Bertz CT molecular complexity index is 537. The molecule has 2 rings (SSSR count). The molecular formula is C15H17N3S. The van der Waals surface area contributed by atoms with Crippen molar-refractivity contribution in [3.63, 3.8) is 0 Å². The Hall–Kier alpha value is -1.94. The van der Waals surface area contributed by atoms with Crippen molar-refractivity contribution in [3.8, 4) is 0 Å². The van der Waals surface area contributed by atoms with Gasteiger partial charge < -0.3 is 11.1 Å². The van der Waals surface area contributed by atoms with E-state index in [9.17, 15) is 0 Å². The molecule has 2 aromatic rings. The van der Waals surface area contributed by atoms with E-state index in [-0.39, 0.29) is 0 Å². The van der Waals surface area contributed by atoms with E-state index >= 15 is 0 Å². The number of benzene rings is 1. The molecular weight excluding hydrogens is 254 g/mol. The predicted octanol–water partition coefficient (Wildman–Crippen LogP) is 2.76. The van der Waals surface area contributed by atoms with Crippen molar-refractivity contribution in [3.05, 3.63) is 59.8 Å². The van der Waals surface area contributed by atoms with Gasteiger partial charge in [0.1, 0.15) is 10.8 Å². The first kappa shape index (κ1) is 13.5. The highest BCUT2D eigenvalue weighted by Gasteiger charge is 2.04. The molecule has 0 fully saturated rings. The fourth-order valence-electron chi connectivity index (χ4n) is 1.90. The molecule has 3 N–H and O–H groups in total. The van der Waals surface area contributed by atoms with Gasteiger partial charge in [-0.1, -0.05) is 42.5 Å². The Balaban J connectivity index is 1.95. The number of aromatic nitrogens is 1. The first-order valence-corrected chi connectivity index (χ1v) is 6.62. The summed E-state index contributed by atoms with van der Waals surface area (Å²) in [5.74, 6) is 0.837. The third-order valence-electron chi connectivity index (χ3n) is 2.83. The maximum atomic E-state index is 5.54. The number of anilines is 1. The highest BCUT2D eigenvalue weighted by atomic mass is 32.1. The summed E-state index contributed by atoms with van der Waals surface area (Å²) < 4.78 is 0. The highest BCUT2D eigenvalue weighted by Crippen LogP contribution is 2.10. The fraction of sp³-hybridized carbons (Fsp3) is 0.200. The van der Waals surface area contributed by atoms with Crippen LogP contribution in [0.3, 0.4) is 0 Å². The minimum absolute atomic E-state index is 0.311. The average Bonchev–Trinajstić information content (AvgIpc) is 2.40. The Morgan fingerprint density at radius 1 is 1.26 bits per heavy atom. The van der Waals surface area contributed by atoms with Crippen molar-refractivity contribution >= 4 is 23.0 Å². The average molecular weight is 271 g/mol. The minimum Gasteiger partial charge on any atom is -0.389 e. The van der Waals surface area contributed by atoms with Crippen LogP contribution in [0.25, 0.3) is 0 Å². The lowest BCUT2D eigenvalue weighted by Crippen LogP contribution is -2.19.